The number of methoxy groups -OCH3 is 1. The molecule has 1 aromatic heterocycles. The van der Waals surface area contributed by atoms with Crippen LogP contribution >= 0.6 is 11.8 Å². The van der Waals surface area contributed by atoms with E-state index in [4.69, 9.17) is 4.74 Å². The summed E-state index contributed by atoms with van der Waals surface area (Å²) in [5, 5.41) is 6.18. The molecular formula is C18H24N4O4S. The number of nitrogens with zero attached hydrogens (tertiary/aromatic N) is 2. The lowest BCUT2D eigenvalue weighted by atomic mass is 10.2. The molecule has 0 bridgehead atoms. The third-order valence-corrected chi connectivity index (χ3v) is 4.69. The van der Waals surface area contributed by atoms with Gasteiger partial charge < -0.3 is 15.4 Å². The molecule has 2 rings (SSSR count). The number of hydrogen-bond acceptors (Lipinski definition) is 6. The van der Waals surface area contributed by atoms with Gasteiger partial charge in [0.25, 0.3) is 5.56 Å². The zero-order valence-electron chi connectivity index (χ0n) is 15.5. The summed E-state index contributed by atoms with van der Waals surface area (Å²) < 4.78 is 6.63. The van der Waals surface area contributed by atoms with Crippen molar-refractivity contribution >= 4 is 34.5 Å². The van der Waals surface area contributed by atoms with Crippen LogP contribution in [0, 0.1) is 0 Å². The number of rotatable bonds is 10. The van der Waals surface area contributed by atoms with Gasteiger partial charge in [-0.3, -0.25) is 19.0 Å². The van der Waals surface area contributed by atoms with Crippen molar-refractivity contribution in [3.05, 3.63) is 34.6 Å². The summed E-state index contributed by atoms with van der Waals surface area (Å²) in [7, 11) is 1.61. The van der Waals surface area contributed by atoms with E-state index in [1.54, 1.807) is 29.9 Å². The van der Waals surface area contributed by atoms with E-state index in [9.17, 15) is 14.4 Å². The number of fused-ring (bicyclic) bond motifs is 1. The predicted molar refractivity (Wildman–Crippen MR) is 105 cm³/mol. The largest absolute Gasteiger partial charge is 0.385 e. The van der Waals surface area contributed by atoms with Gasteiger partial charge in [0.2, 0.25) is 11.8 Å². The molecule has 0 radical (unpaired) electrons. The first-order chi connectivity index (χ1) is 13.1. The van der Waals surface area contributed by atoms with Crippen LogP contribution in [0.5, 0.6) is 0 Å². The Morgan fingerprint density at radius 2 is 2.00 bits per heavy atom. The Labute approximate surface area is 161 Å². The Hall–Kier alpha value is -2.39. The fourth-order valence-corrected chi connectivity index (χ4v) is 3.30. The minimum atomic E-state index is -0.294. The Morgan fingerprint density at radius 1 is 1.22 bits per heavy atom. The molecule has 2 N–H and O–H groups in total. The Morgan fingerprint density at radius 3 is 2.74 bits per heavy atom. The molecule has 0 fully saturated rings. The van der Waals surface area contributed by atoms with Crippen LogP contribution in [-0.4, -0.2) is 53.9 Å². The molecule has 0 aliphatic carbocycles. The van der Waals surface area contributed by atoms with Gasteiger partial charge in [-0.15, -0.1) is 0 Å². The van der Waals surface area contributed by atoms with Crippen LogP contribution in [0.15, 0.2) is 34.2 Å². The summed E-state index contributed by atoms with van der Waals surface area (Å²) >= 11 is 1.17. The molecule has 0 spiro atoms. The molecule has 0 saturated heterocycles. The fraction of sp³-hybridized carbons (Fsp3) is 0.444. The van der Waals surface area contributed by atoms with E-state index in [-0.39, 0.29) is 29.7 Å². The second-order valence-corrected chi connectivity index (χ2v) is 6.68. The Bertz CT molecular complexity index is 853. The van der Waals surface area contributed by atoms with Crippen LogP contribution in [0.2, 0.25) is 0 Å². The zero-order valence-corrected chi connectivity index (χ0v) is 16.3. The summed E-state index contributed by atoms with van der Waals surface area (Å²) in [5.41, 5.74) is 0.456. The average Bonchev–Trinajstić information content (AvgIpc) is 2.67. The lowest BCUT2D eigenvalue weighted by Gasteiger charge is -2.13. The van der Waals surface area contributed by atoms with Gasteiger partial charge in [-0.2, -0.15) is 0 Å². The molecule has 146 valence electrons. The quantitative estimate of drug-likeness (QED) is 0.352. The predicted octanol–water partition coefficient (Wildman–Crippen LogP) is 0.777. The maximum Gasteiger partial charge on any atom is 0.262 e. The molecule has 0 unspecified atom stereocenters. The minimum absolute atomic E-state index is 0.0640. The average molecular weight is 392 g/mol. The lowest BCUT2D eigenvalue weighted by molar-refractivity contribution is -0.124. The fourth-order valence-electron chi connectivity index (χ4n) is 2.44. The lowest BCUT2D eigenvalue weighted by Crippen LogP contribution is -2.37. The van der Waals surface area contributed by atoms with Crippen molar-refractivity contribution in [3.8, 4) is 0 Å². The van der Waals surface area contributed by atoms with E-state index in [0.29, 0.717) is 42.2 Å². The Balaban J connectivity index is 2.12. The second kappa shape index (κ2) is 10.7. The molecule has 9 heteroatoms. The van der Waals surface area contributed by atoms with Crippen LogP contribution in [0.3, 0.4) is 0 Å². The number of nitrogens with one attached hydrogen (secondary N) is 2. The molecule has 1 heterocycles. The second-order valence-electron chi connectivity index (χ2n) is 5.73. The molecule has 1 aromatic carbocycles. The smallest absolute Gasteiger partial charge is 0.262 e. The topological polar surface area (TPSA) is 102 Å². The van der Waals surface area contributed by atoms with Crippen molar-refractivity contribution in [2.24, 2.45) is 0 Å². The number of amides is 2. The van der Waals surface area contributed by atoms with Crippen LogP contribution < -0.4 is 16.2 Å². The maximum absolute atomic E-state index is 12.8. The number of carbonyl (C=O) groups is 2. The molecule has 2 amide bonds. The first-order valence-electron chi connectivity index (χ1n) is 8.71. The van der Waals surface area contributed by atoms with Crippen LogP contribution in [-0.2, 0) is 20.9 Å². The van der Waals surface area contributed by atoms with Crippen LogP contribution in [0.4, 0.5) is 0 Å². The first kappa shape index (κ1) is 20.9. The number of para-hydroxylation sites is 1. The van der Waals surface area contributed by atoms with Crippen molar-refractivity contribution in [1.29, 1.82) is 0 Å². The zero-order chi connectivity index (χ0) is 19.6. The number of ether oxygens (including phenoxy) is 1. The Kier molecular flexibility index (Phi) is 8.28. The standard InChI is InChI=1S/C18H24N4O4S/c1-3-19-15(23)11-20-16(24)12-27-18-21-14-8-5-4-7-13(14)17(25)22(18)9-6-10-26-2/h4-5,7-8H,3,6,9-12H2,1-2H3,(H,19,23)(H,20,24). The van der Waals surface area contributed by atoms with Crippen molar-refractivity contribution in [1.82, 2.24) is 20.2 Å². The van der Waals surface area contributed by atoms with Gasteiger partial charge in [-0.25, -0.2) is 4.98 Å². The van der Waals surface area contributed by atoms with Crippen LogP contribution in [0.25, 0.3) is 10.9 Å². The highest BCUT2D eigenvalue weighted by atomic mass is 32.2. The van der Waals surface area contributed by atoms with E-state index in [0.717, 1.165) is 0 Å². The van der Waals surface area contributed by atoms with Gasteiger partial charge in [-0.05, 0) is 25.5 Å². The van der Waals surface area contributed by atoms with E-state index in [2.05, 4.69) is 15.6 Å². The van der Waals surface area contributed by atoms with Gasteiger partial charge in [-0.1, -0.05) is 23.9 Å². The number of thioether (sulfide) groups is 1. The molecule has 0 aliphatic heterocycles. The highest BCUT2D eigenvalue weighted by Crippen LogP contribution is 2.18. The maximum atomic E-state index is 12.8. The van der Waals surface area contributed by atoms with E-state index in [1.165, 1.54) is 11.8 Å². The summed E-state index contributed by atoms with van der Waals surface area (Å²) in [4.78, 5) is 40.7. The van der Waals surface area contributed by atoms with E-state index in [1.807, 2.05) is 13.0 Å². The molecular weight excluding hydrogens is 368 g/mol. The summed E-state index contributed by atoms with van der Waals surface area (Å²) in [5.74, 6) is -0.470. The molecule has 0 aliphatic rings. The third-order valence-electron chi connectivity index (χ3n) is 3.71. The SMILES string of the molecule is CCNC(=O)CNC(=O)CSc1nc2ccccc2c(=O)n1CCCOC. The molecule has 8 nitrogen and oxygen atoms in total. The molecule has 27 heavy (non-hydrogen) atoms. The monoisotopic (exact) mass is 392 g/mol. The molecule has 0 atom stereocenters. The summed E-state index contributed by atoms with van der Waals surface area (Å²) in [6, 6.07) is 7.13. The van der Waals surface area contributed by atoms with Crippen molar-refractivity contribution in [2.45, 2.75) is 25.0 Å². The van der Waals surface area contributed by atoms with E-state index < -0.39 is 0 Å². The molecule has 2 aromatic rings. The first-order valence-corrected chi connectivity index (χ1v) is 9.70. The van der Waals surface area contributed by atoms with E-state index >= 15 is 0 Å². The van der Waals surface area contributed by atoms with Gasteiger partial charge in [0.05, 0.1) is 23.2 Å². The van der Waals surface area contributed by atoms with Gasteiger partial charge >= 0.3 is 0 Å². The summed E-state index contributed by atoms with van der Waals surface area (Å²) in [6.07, 6.45) is 0.660. The molecule has 0 saturated carbocycles. The van der Waals surface area contributed by atoms with Gasteiger partial charge in [0, 0.05) is 26.8 Å². The number of likely N-dealkylation sites (N-methyl/N-ethyl adjacent to an activating group) is 1. The van der Waals surface area contributed by atoms with Crippen molar-refractivity contribution < 1.29 is 14.3 Å². The van der Waals surface area contributed by atoms with Crippen molar-refractivity contribution in [2.75, 3.05) is 32.6 Å². The highest BCUT2D eigenvalue weighted by molar-refractivity contribution is 7.99. The minimum Gasteiger partial charge on any atom is -0.385 e. The van der Waals surface area contributed by atoms with Gasteiger partial charge in [0.15, 0.2) is 5.16 Å². The normalized spacial score (nSPS) is 10.7. The van der Waals surface area contributed by atoms with Crippen molar-refractivity contribution in [3.63, 3.8) is 0 Å². The van der Waals surface area contributed by atoms with Gasteiger partial charge in [0.1, 0.15) is 0 Å². The summed E-state index contributed by atoms with van der Waals surface area (Å²) in [6.45, 7) is 3.23. The van der Waals surface area contributed by atoms with Crippen LogP contribution in [0.1, 0.15) is 13.3 Å². The number of benzene rings is 1. The number of hydrogen-bond donors (Lipinski definition) is 2. The number of aromatic nitrogens is 2. The highest BCUT2D eigenvalue weighted by Gasteiger charge is 2.13. The number of carbonyl (C=O) groups excluding carboxylic acids is 2. The third kappa shape index (κ3) is 6.07.